The van der Waals surface area contributed by atoms with E-state index in [1.807, 2.05) is 0 Å². The van der Waals surface area contributed by atoms with Gasteiger partial charge < -0.3 is 20.5 Å². The van der Waals surface area contributed by atoms with Crippen molar-refractivity contribution in [2.45, 2.75) is 32.7 Å². The van der Waals surface area contributed by atoms with Crippen LogP contribution >= 0.6 is 0 Å². The lowest BCUT2D eigenvalue weighted by molar-refractivity contribution is 0.0527. The van der Waals surface area contributed by atoms with Crippen molar-refractivity contribution in [3.8, 4) is 0 Å². The van der Waals surface area contributed by atoms with Crippen LogP contribution in [0.25, 0.3) is 0 Å². The smallest absolute Gasteiger partial charge is 0.340 e. The van der Waals surface area contributed by atoms with Gasteiger partial charge in [0, 0.05) is 25.5 Å². The third-order valence-electron chi connectivity index (χ3n) is 3.82. The van der Waals surface area contributed by atoms with Crippen molar-refractivity contribution in [3.05, 3.63) is 17.8 Å². The summed E-state index contributed by atoms with van der Waals surface area (Å²) in [5.41, 5.74) is 6.74. The Morgan fingerprint density at radius 3 is 2.95 bits per heavy atom. The van der Waals surface area contributed by atoms with E-state index in [4.69, 9.17) is 15.2 Å². The van der Waals surface area contributed by atoms with E-state index in [0.29, 0.717) is 29.6 Å². The van der Waals surface area contributed by atoms with Crippen LogP contribution in [0.2, 0.25) is 0 Å². The van der Waals surface area contributed by atoms with Crippen molar-refractivity contribution in [2.75, 3.05) is 30.9 Å². The molecule has 2 heterocycles. The van der Waals surface area contributed by atoms with Crippen molar-refractivity contribution in [1.82, 2.24) is 4.98 Å². The molecule has 116 valence electrons. The third-order valence-corrected chi connectivity index (χ3v) is 3.82. The molecular formula is C15H23N3O3. The zero-order valence-corrected chi connectivity index (χ0v) is 12.6. The number of carbonyl (C=O) groups is 1. The summed E-state index contributed by atoms with van der Waals surface area (Å²) in [5, 5.41) is 3.32. The third kappa shape index (κ3) is 3.85. The summed E-state index contributed by atoms with van der Waals surface area (Å²) in [4.78, 5) is 16.1. The minimum absolute atomic E-state index is 0.223. The van der Waals surface area contributed by atoms with Gasteiger partial charge in [0.1, 0.15) is 5.82 Å². The maximum Gasteiger partial charge on any atom is 0.340 e. The van der Waals surface area contributed by atoms with Gasteiger partial charge in [0.25, 0.3) is 0 Å². The van der Waals surface area contributed by atoms with E-state index >= 15 is 0 Å². The minimum Gasteiger partial charge on any atom is -0.462 e. The van der Waals surface area contributed by atoms with Crippen molar-refractivity contribution >= 4 is 17.5 Å². The number of anilines is 2. The van der Waals surface area contributed by atoms with Crippen LogP contribution in [-0.4, -0.2) is 36.8 Å². The number of rotatable bonds is 5. The van der Waals surface area contributed by atoms with Gasteiger partial charge in [0.2, 0.25) is 0 Å². The SMILES string of the molecule is CCOC(=O)c1ccnc(NC(C)C2CCOCC2)c1N. The number of esters is 1. The highest BCUT2D eigenvalue weighted by Crippen LogP contribution is 2.25. The molecule has 0 radical (unpaired) electrons. The average molecular weight is 293 g/mol. The number of aromatic nitrogens is 1. The summed E-state index contributed by atoms with van der Waals surface area (Å²) >= 11 is 0. The predicted molar refractivity (Wildman–Crippen MR) is 81.2 cm³/mol. The number of nitrogens with zero attached hydrogens (tertiary/aromatic N) is 1. The standard InChI is InChI=1S/C15H23N3O3/c1-3-21-15(19)12-4-7-17-14(13(12)16)18-10(2)11-5-8-20-9-6-11/h4,7,10-11H,3,5-6,8-9,16H2,1-2H3,(H,17,18). The van der Waals surface area contributed by atoms with Crippen LogP contribution in [0, 0.1) is 5.92 Å². The highest BCUT2D eigenvalue weighted by molar-refractivity contribution is 5.97. The van der Waals surface area contributed by atoms with E-state index in [0.717, 1.165) is 26.1 Å². The van der Waals surface area contributed by atoms with Crippen LogP contribution < -0.4 is 11.1 Å². The first kappa shape index (κ1) is 15.6. The molecule has 0 saturated carbocycles. The molecule has 1 aliphatic heterocycles. The number of ether oxygens (including phenoxy) is 2. The Kier molecular flexibility index (Phi) is 5.38. The van der Waals surface area contributed by atoms with Gasteiger partial charge in [-0.15, -0.1) is 0 Å². The normalized spacial score (nSPS) is 17.2. The molecule has 0 aliphatic carbocycles. The molecule has 1 aliphatic rings. The molecule has 2 rings (SSSR count). The fourth-order valence-electron chi connectivity index (χ4n) is 2.52. The van der Waals surface area contributed by atoms with Crippen LogP contribution in [0.4, 0.5) is 11.5 Å². The Bertz CT molecular complexity index is 487. The summed E-state index contributed by atoms with van der Waals surface area (Å²) in [6, 6.07) is 1.80. The first-order valence-corrected chi connectivity index (χ1v) is 7.39. The highest BCUT2D eigenvalue weighted by Gasteiger charge is 2.22. The number of nitrogens with one attached hydrogen (secondary N) is 1. The van der Waals surface area contributed by atoms with E-state index in [-0.39, 0.29) is 6.04 Å². The molecule has 0 amide bonds. The van der Waals surface area contributed by atoms with Gasteiger partial charge in [0.05, 0.1) is 17.9 Å². The first-order valence-electron chi connectivity index (χ1n) is 7.39. The summed E-state index contributed by atoms with van der Waals surface area (Å²) < 4.78 is 10.4. The molecule has 1 atom stereocenters. The monoisotopic (exact) mass is 293 g/mol. The fourth-order valence-corrected chi connectivity index (χ4v) is 2.52. The van der Waals surface area contributed by atoms with Gasteiger partial charge in [-0.2, -0.15) is 0 Å². The van der Waals surface area contributed by atoms with E-state index in [1.165, 1.54) is 0 Å². The zero-order valence-electron chi connectivity index (χ0n) is 12.6. The zero-order chi connectivity index (χ0) is 15.2. The Morgan fingerprint density at radius 1 is 1.57 bits per heavy atom. The highest BCUT2D eigenvalue weighted by atomic mass is 16.5. The van der Waals surface area contributed by atoms with E-state index in [2.05, 4.69) is 17.2 Å². The second-order valence-electron chi connectivity index (χ2n) is 5.22. The lowest BCUT2D eigenvalue weighted by atomic mass is 9.93. The largest absolute Gasteiger partial charge is 0.462 e. The second kappa shape index (κ2) is 7.26. The quantitative estimate of drug-likeness (QED) is 0.808. The molecule has 1 aromatic rings. The minimum atomic E-state index is -0.417. The van der Waals surface area contributed by atoms with Crippen molar-refractivity contribution in [2.24, 2.45) is 5.92 Å². The molecule has 0 spiro atoms. The number of hydrogen-bond acceptors (Lipinski definition) is 6. The van der Waals surface area contributed by atoms with Crippen molar-refractivity contribution in [3.63, 3.8) is 0 Å². The Hall–Kier alpha value is -1.82. The maximum atomic E-state index is 11.8. The van der Waals surface area contributed by atoms with Crippen molar-refractivity contribution in [1.29, 1.82) is 0 Å². The van der Waals surface area contributed by atoms with Gasteiger partial charge in [-0.3, -0.25) is 0 Å². The maximum absolute atomic E-state index is 11.8. The Balaban J connectivity index is 2.09. The number of pyridine rings is 1. The predicted octanol–water partition coefficient (Wildman–Crippen LogP) is 2.07. The lowest BCUT2D eigenvalue weighted by Gasteiger charge is -2.29. The van der Waals surface area contributed by atoms with Crippen LogP contribution in [0.1, 0.15) is 37.0 Å². The number of hydrogen-bond donors (Lipinski definition) is 2. The van der Waals surface area contributed by atoms with Crippen LogP contribution in [0.3, 0.4) is 0 Å². The lowest BCUT2D eigenvalue weighted by Crippen LogP contribution is -2.31. The Morgan fingerprint density at radius 2 is 2.29 bits per heavy atom. The van der Waals surface area contributed by atoms with Crippen LogP contribution in [0.15, 0.2) is 12.3 Å². The molecule has 3 N–H and O–H groups in total. The molecule has 0 aromatic carbocycles. The van der Waals surface area contributed by atoms with E-state index < -0.39 is 5.97 Å². The number of nitrogen functional groups attached to an aromatic ring is 1. The van der Waals surface area contributed by atoms with E-state index in [9.17, 15) is 4.79 Å². The van der Waals surface area contributed by atoms with Crippen LogP contribution in [0.5, 0.6) is 0 Å². The summed E-state index contributed by atoms with van der Waals surface area (Å²) in [5.74, 6) is 0.643. The van der Waals surface area contributed by atoms with Crippen LogP contribution in [-0.2, 0) is 9.47 Å². The molecule has 21 heavy (non-hydrogen) atoms. The number of nitrogens with two attached hydrogens (primary N) is 1. The Labute approximate surface area is 125 Å². The molecule has 6 heteroatoms. The van der Waals surface area contributed by atoms with Gasteiger partial charge in [-0.25, -0.2) is 9.78 Å². The van der Waals surface area contributed by atoms with E-state index in [1.54, 1.807) is 19.2 Å². The summed E-state index contributed by atoms with van der Waals surface area (Å²) in [6.07, 6.45) is 3.61. The van der Waals surface area contributed by atoms with Crippen molar-refractivity contribution < 1.29 is 14.3 Å². The first-order chi connectivity index (χ1) is 10.1. The number of carbonyl (C=O) groups excluding carboxylic acids is 1. The molecular weight excluding hydrogens is 270 g/mol. The molecule has 6 nitrogen and oxygen atoms in total. The summed E-state index contributed by atoms with van der Waals surface area (Å²) in [7, 11) is 0. The van der Waals surface area contributed by atoms with Gasteiger partial charge >= 0.3 is 5.97 Å². The second-order valence-corrected chi connectivity index (χ2v) is 5.22. The molecule has 1 aromatic heterocycles. The molecule has 1 fully saturated rings. The summed E-state index contributed by atoms with van der Waals surface area (Å²) in [6.45, 7) is 5.78. The van der Waals surface area contributed by atoms with Gasteiger partial charge in [0.15, 0.2) is 0 Å². The fraction of sp³-hybridized carbons (Fsp3) is 0.600. The van der Waals surface area contributed by atoms with Gasteiger partial charge in [-0.1, -0.05) is 0 Å². The molecule has 0 bridgehead atoms. The molecule has 1 unspecified atom stereocenters. The van der Waals surface area contributed by atoms with Gasteiger partial charge in [-0.05, 0) is 38.7 Å². The average Bonchev–Trinajstić information content (AvgIpc) is 2.50. The molecule has 1 saturated heterocycles. The topological polar surface area (TPSA) is 86.5 Å².